The summed E-state index contributed by atoms with van der Waals surface area (Å²) in [7, 11) is 0. The summed E-state index contributed by atoms with van der Waals surface area (Å²) in [5, 5.41) is 28.8. The molecule has 0 aliphatic carbocycles. The van der Waals surface area contributed by atoms with Gasteiger partial charge in [0, 0.05) is 6.20 Å². The number of fused-ring (bicyclic) bond motifs is 1. The Balaban J connectivity index is 1.85. The van der Waals surface area contributed by atoms with E-state index < -0.39 is 24.5 Å². The molecule has 1 aromatic heterocycles. The lowest BCUT2D eigenvalue weighted by Gasteiger charge is -2.26. The number of anilines is 1. The van der Waals surface area contributed by atoms with Gasteiger partial charge in [0.1, 0.15) is 30.5 Å². The molecule has 0 bridgehead atoms. The molecule has 0 radical (unpaired) electrons. The van der Waals surface area contributed by atoms with Gasteiger partial charge in [-0.15, -0.1) is 0 Å². The van der Waals surface area contributed by atoms with Gasteiger partial charge in [-0.3, -0.25) is 0 Å². The first kappa shape index (κ1) is 12.1. The van der Waals surface area contributed by atoms with Gasteiger partial charge in [0.2, 0.25) is 0 Å². The summed E-state index contributed by atoms with van der Waals surface area (Å²) in [5.74, 6) is 1.26. The maximum Gasteiger partial charge on any atom is 0.161 e. The molecular weight excluding hydrogens is 258 g/mol. The van der Waals surface area contributed by atoms with Gasteiger partial charge in [0.25, 0.3) is 0 Å². The van der Waals surface area contributed by atoms with Crippen LogP contribution in [0.5, 0.6) is 0 Å². The molecule has 0 unspecified atom stereocenters. The summed E-state index contributed by atoms with van der Waals surface area (Å²) in [6, 6.07) is 0. The molecule has 18 heavy (non-hydrogen) atoms. The summed E-state index contributed by atoms with van der Waals surface area (Å²) in [4.78, 5) is 10.8. The molecule has 2 aliphatic rings. The molecule has 3 rings (SSSR count). The van der Waals surface area contributed by atoms with E-state index in [1.807, 2.05) is 0 Å². The topological polar surface area (TPSA) is 98.9 Å². The number of nitrogens with zero attached hydrogens (tertiary/aromatic N) is 3. The van der Waals surface area contributed by atoms with Gasteiger partial charge in [0.05, 0.1) is 17.4 Å². The maximum absolute atomic E-state index is 9.96. The fourth-order valence-corrected chi connectivity index (χ4v) is 3.14. The smallest absolute Gasteiger partial charge is 0.161 e. The second-order valence-corrected chi connectivity index (χ2v) is 5.17. The quantitative estimate of drug-likeness (QED) is 0.616. The van der Waals surface area contributed by atoms with Crippen molar-refractivity contribution in [3.05, 3.63) is 12.5 Å². The highest BCUT2D eigenvalue weighted by molar-refractivity contribution is 7.99. The molecule has 0 spiro atoms. The Kier molecular flexibility index (Phi) is 3.12. The number of aliphatic hydroxyl groups is 3. The summed E-state index contributed by atoms with van der Waals surface area (Å²) < 4.78 is 5.48. The zero-order valence-electron chi connectivity index (χ0n) is 9.38. The fourth-order valence-electron chi connectivity index (χ4n) is 2.16. The summed E-state index contributed by atoms with van der Waals surface area (Å²) >= 11 is 1.54. The molecule has 0 saturated carbocycles. The third kappa shape index (κ3) is 1.77. The lowest BCUT2D eigenvalue weighted by molar-refractivity contribution is -0.0216. The van der Waals surface area contributed by atoms with Crippen LogP contribution in [-0.4, -0.2) is 62.3 Å². The largest absolute Gasteiger partial charge is 0.394 e. The predicted octanol–water partition coefficient (Wildman–Crippen LogP) is -1.21. The van der Waals surface area contributed by atoms with Crippen LogP contribution in [0.2, 0.25) is 0 Å². The Morgan fingerprint density at radius 3 is 3.00 bits per heavy atom. The summed E-state index contributed by atoms with van der Waals surface area (Å²) in [5.41, 5.74) is 0. The molecule has 1 saturated heterocycles. The Morgan fingerprint density at radius 1 is 1.44 bits per heavy atom. The van der Waals surface area contributed by atoms with E-state index in [-0.39, 0.29) is 6.61 Å². The van der Waals surface area contributed by atoms with Crippen molar-refractivity contribution in [2.24, 2.45) is 0 Å². The minimum atomic E-state index is -1.09. The molecule has 0 aromatic carbocycles. The van der Waals surface area contributed by atoms with Crippen LogP contribution >= 0.6 is 11.8 Å². The molecule has 8 heteroatoms. The molecule has 98 valence electrons. The van der Waals surface area contributed by atoms with Gasteiger partial charge in [0.15, 0.2) is 6.23 Å². The molecule has 3 heterocycles. The van der Waals surface area contributed by atoms with E-state index in [0.29, 0.717) is 11.7 Å². The SMILES string of the molecule is OC[C@@H]1O[C@H](N2CSc3cncnc32)[C@@H](O)[C@H]1O. The molecule has 1 aromatic rings. The van der Waals surface area contributed by atoms with Crippen LogP contribution in [0.15, 0.2) is 17.4 Å². The average molecular weight is 271 g/mol. The number of hydrogen-bond donors (Lipinski definition) is 3. The van der Waals surface area contributed by atoms with E-state index >= 15 is 0 Å². The van der Waals surface area contributed by atoms with Crippen LogP contribution in [0.3, 0.4) is 0 Å². The van der Waals surface area contributed by atoms with Crippen LogP contribution < -0.4 is 4.90 Å². The van der Waals surface area contributed by atoms with Crippen molar-refractivity contribution in [1.82, 2.24) is 9.97 Å². The zero-order valence-corrected chi connectivity index (χ0v) is 10.2. The van der Waals surface area contributed by atoms with Crippen molar-refractivity contribution in [2.75, 3.05) is 17.4 Å². The lowest BCUT2D eigenvalue weighted by Crippen LogP contribution is -2.43. The number of aromatic nitrogens is 2. The van der Waals surface area contributed by atoms with Crippen molar-refractivity contribution < 1.29 is 20.1 Å². The third-order valence-corrected chi connectivity index (χ3v) is 4.12. The van der Waals surface area contributed by atoms with E-state index in [1.165, 1.54) is 6.33 Å². The Morgan fingerprint density at radius 2 is 2.28 bits per heavy atom. The summed E-state index contributed by atoms with van der Waals surface area (Å²) in [6.07, 6.45) is -0.478. The first-order valence-corrected chi connectivity index (χ1v) is 6.53. The fraction of sp³-hybridized carbons (Fsp3) is 0.600. The highest BCUT2D eigenvalue weighted by Crippen LogP contribution is 2.39. The van der Waals surface area contributed by atoms with Crippen molar-refractivity contribution in [3.8, 4) is 0 Å². The van der Waals surface area contributed by atoms with E-state index in [0.717, 1.165) is 4.90 Å². The molecule has 3 N–H and O–H groups in total. The predicted molar refractivity (Wildman–Crippen MR) is 63.0 cm³/mol. The van der Waals surface area contributed by atoms with Gasteiger partial charge in [-0.05, 0) is 0 Å². The minimum Gasteiger partial charge on any atom is -0.394 e. The monoisotopic (exact) mass is 271 g/mol. The zero-order chi connectivity index (χ0) is 12.7. The molecule has 1 fully saturated rings. The number of rotatable bonds is 2. The highest BCUT2D eigenvalue weighted by atomic mass is 32.2. The van der Waals surface area contributed by atoms with E-state index in [1.54, 1.807) is 22.9 Å². The second-order valence-electron chi connectivity index (χ2n) is 4.18. The van der Waals surface area contributed by atoms with E-state index in [9.17, 15) is 10.2 Å². The molecule has 4 atom stereocenters. The van der Waals surface area contributed by atoms with E-state index in [2.05, 4.69) is 9.97 Å². The van der Waals surface area contributed by atoms with Crippen molar-refractivity contribution in [1.29, 1.82) is 0 Å². The Hall–Kier alpha value is -0.930. The van der Waals surface area contributed by atoms with Gasteiger partial charge in [-0.1, -0.05) is 11.8 Å². The highest BCUT2D eigenvalue weighted by Gasteiger charge is 2.47. The maximum atomic E-state index is 9.96. The standard InChI is InChI=1S/C10H13N3O4S/c14-2-5-7(15)8(16)10(17-5)13-4-18-6-1-11-3-12-9(6)13/h1,3,5,7-8,10,14-16H,2,4H2/t5-,7-,8-,10-/m0/s1. The Labute approximate surface area is 107 Å². The first-order chi connectivity index (χ1) is 8.72. The van der Waals surface area contributed by atoms with Gasteiger partial charge in [-0.2, -0.15) is 0 Å². The lowest BCUT2D eigenvalue weighted by atomic mass is 10.1. The second kappa shape index (κ2) is 4.63. The number of hydrogen-bond acceptors (Lipinski definition) is 8. The number of thioether (sulfide) groups is 1. The third-order valence-electron chi connectivity index (χ3n) is 3.11. The average Bonchev–Trinajstić information content (AvgIpc) is 2.93. The van der Waals surface area contributed by atoms with Crippen molar-refractivity contribution >= 4 is 17.6 Å². The normalized spacial score (nSPS) is 34.9. The van der Waals surface area contributed by atoms with Crippen LogP contribution in [0.4, 0.5) is 5.82 Å². The van der Waals surface area contributed by atoms with E-state index in [4.69, 9.17) is 9.84 Å². The van der Waals surface area contributed by atoms with Crippen LogP contribution in [0, 0.1) is 0 Å². The summed E-state index contributed by atoms with van der Waals surface area (Å²) in [6.45, 7) is -0.327. The first-order valence-electron chi connectivity index (χ1n) is 5.54. The van der Waals surface area contributed by atoms with Crippen LogP contribution in [0.1, 0.15) is 0 Å². The van der Waals surface area contributed by atoms with Crippen LogP contribution in [-0.2, 0) is 4.74 Å². The Bertz CT molecular complexity index is 449. The number of aliphatic hydroxyl groups excluding tert-OH is 3. The van der Waals surface area contributed by atoms with Crippen LogP contribution in [0.25, 0.3) is 0 Å². The molecule has 7 nitrogen and oxygen atoms in total. The minimum absolute atomic E-state index is 0.327. The van der Waals surface area contributed by atoms with Gasteiger partial charge in [-0.25, -0.2) is 9.97 Å². The van der Waals surface area contributed by atoms with Gasteiger partial charge >= 0.3 is 0 Å². The molecule has 0 amide bonds. The number of ether oxygens (including phenoxy) is 1. The van der Waals surface area contributed by atoms with Crippen molar-refractivity contribution in [3.63, 3.8) is 0 Å². The van der Waals surface area contributed by atoms with Crippen molar-refractivity contribution in [2.45, 2.75) is 29.4 Å². The molecule has 2 aliphatic heterocycles. The molecular formula is C10H13N3O4S. The van der Waals surface area contributed by atoms with Gasteiger partial charge < -0.3 is 25.0 Å².